The number of anilines is 1. The number of carbonyl (C=O) groups excluding carboxylic acids is 2. The van der Waals surface area contributed by atoms with Crippen molar-refractivity contribution in [1.29, 1.82) is 0 Å². The molecule has 0 saturated carbocycles. The number of nitrogens with one attached hydrogen (secondary N) is 1. The molecule has 2 aromatic rings. The number of hydrogen-bond acceptors (Lipinski definition) is 4. The van der Waals surface area contributed by atoms with Crippen LogP contribution < -0.4 is 11.1 Å². The molecule has 0 bridgehead atoms. The summed E-state index contributed by atoms with van der Waals surface area (Å²) in [7, 11) is 1.35. The predicted molar refractivity (Wildman–Crippen MR) is 80.1 cm³/mol. The van der Waals surface area contributed by atoms with Crippen molar-refractivity contribution in [3.8, 4) is 0 Å². The van der Waals surface area contributed by atoms with Crippen molar-refractivity contribution in [3.05, 3.63) is 65.2 Å². The highest BCUT2D eigenvalue weighted by molar-refractivity contribution is 5.93. The van der Waals surface area contributed by atoms with Gasteiger partial charge in [-0.05, 0) is 42.0 Å². The molecule has 0 fully saturated rings. The zero-order valence-electron chi connectivity index (χ0n) is 11.6. The topological polar surface area (TPSA) is 81.4 Å². The van der Waals surface area contributed by atoms with Crippen LogP contribution in [0.5, 0.6) is 0 Å². The molecule has 2 rings (SSSR count). The number of rotatable bonds is 5. The minimum atomic E-state index is -0.445. The number of benzene rings is 2. The summed E-state index contributed by atoms with van der Waals surface area (Å²) in [5.41, 5.74) is 8.04. The number of primary amides is 1. The van der Waals surface area contributed by atoms with Crippen LogP contribution in [0.2, 0.25) is 0 Å². The van der Waals surface area contributed by atoms with E-state index < -0.39 is 5.91 Å². The summed E-state index contributed by atoms with van der Waals surface area (Å²) in [4.78, 5) is 22.4. The first-order chi connectivity index (χ1) is 10.1. The molecule has 0 atom stereocenters. The zero-order valence-corrected chi connectivity index (χ0v) is 11.6. The Labute approximate surface area is 122 Å². The lowest BCUT2D eigenvalue weighted by molar-refractivity contribution is 0.0600. The molecule has 5 nitrogen and oxygen atoms in total. The third kappa shape index (κ3) is 3.82. The largest absolute Gasteiger partial charge is 0.465 e. The normalized spacial score (nSPS) is 9.95. The summed E-state index contributed by atoms with van der Waals surface area (Å²) in [6.07, 6.45) is 0. The predicted octanol–water partition coefficient (Wildman–Crippen LogP) is 2.18. The number of nitrogens with two attached hydrogens (primary N) is 1. The lowest BCUT2D eigenvalue weighted by Gasteiger charge is -2.08. The van der Waals surface area contributed by atoms with E-state index in [2.05, 4.69) is 10.1 Å². The van der Waals surface area contributed by atoms with Crippen LogP contribution in [-0.2, 0) is 11.3 Å². The van der Waals surface area contributed by atoms with E-state index in [9.17, 15) is 9.59 Å². The fourth-order valence-corrected chi connectivity index (χ4v) is 1.88. The summed E-state index contributed by atoms with van der Waals surface area (Å²) in [6.45, 7) is 0.554. The Morgan fingerprint density at radius 1 is 1.10 bits per heavy atom. The Morgan fingerprint density at radius 3 is 2.43 bits per heavy atom. The first-order valence-corrected chi connectivity index (χ1v) is 6.41. The second kappa shape index (κ2) is 6.56. The quantitative estimate of drug-likeness (QED) is 0.825. The second-order valence-corrected chi connectivity index (χ2v) is 4.49. The first-order valence-electron chi connectivity index (χ1n) is 6.41. The third-order valence-electron chi connectivity index (χ3n) is 3.01. The van der Waals surface area contributed by atoms with Crippen molar-refractivity contribution in [2.75, 3.05) is 12.4 Å². The highest BCUT2D eigenvalue weighted by Gasteiger charge is 2.04. The van der Waals surface area contributed by atoms with Gasteiger partial charge in [0.2, 0.25) is 5.91 Å². The van der Waals surface area contributed by atoms with Gasteiger partial charge in [0.25, 0.3) is 0 Å². The van der Waals surface area contributed by atoms with E-state index in [1.165, 1.54) is 7.11 Å². The summed E-state index contributed by atoms with van der Waals surface area (Å²) < 4.78 is 4.64. The van der Waals surface area contributed by atoms with Gasteiger partial charge in [-0.25, -0.2) is 4.79 Å². The molecule has 0 spiro atoms. The average molecular weight is 284 g/mol. The molecule has 0 aliphatic carbocycles. The van der Waals surface area contributed by atoms with Gasteiger partial charge in [-0.2, -0.15) is 0 Å². The Bertz CT molecular complexity index is 651. The molecule has 108 valence electrons. The van der Waals surface area contributed by atoms with Crippen LogP contribution >= 0.6 is 0 Å². The molecule has 0 saturated heterocycles. The molecule has 21 heavy (non-hydrogen) atoms. The summed E-state index contributed by atoms with van der Waals surface area (Å²) in [6, 6.07) is 14.1. The van der Waals surface area contributed by atoms with Gasteiger partial charge >= 0.3 is 5.97 Å². The number of esters is 1. The fourth-order valence-electron chi connectivity index (χ4n) is 1.88. The molecule has 2 aromatic carbocycles. The highest BCUT2D eigenvalue weighted by Crippen LogP contribution is 2.12. The van der Waals surface area contributed by atoms with Crippen LogP contribution in [0.3, 0.4) is 0 Å². The monoisotopic (exact) mass is 284 g/mol. The molecule has 0 unspecified atom stereocenters. The van der Waals surface area contributed by atoms with Crippen molar-refractivity contribution >= 4 is 17.6 Å². The van der Waals surface area contributed by atoms with Crippen molar-refractivity contribution in [2.45, 2.75) is 6.54 Å². The van der Waals surface area contributed by atoms with E-state index >= 15 is 0 Å². The molecular weight excluding hydrogens is 268 g/mol. The van der Waals surface area contributed by atoms with Crippen molar-refractivity contribution in [1.82, 2.24) is 0 Å². The zero-order chi connectivity index (χ0) is 15.2. The molecule has 0 aromatic heterocycles. The van der Waals surface area contributed by atoms with Gasteiger partial charge in [0.1, 0.15) is 0 Å². The van der Waals surface area contributed by atoms with E-state index in [0.717, 1.165) is 11.3 Å². The average Bonchev–Trinajstić information content (AvgIpc) is 2.53. The standard InChI is InChI=1S/C16H16N2O3/c1-21-16(20)12-5-7-14(8-6-12)18-10-11-3-2-4-13(9-11)15(17)19/h2-9,18H,10H2,1H3,(H2,17,19). The fraction of sp³-hybridized carbons (Fsp3) is 0.125. The van der Waals surface area contributed by atoms with Crippen LogP contribution in [-0.4, -0.2) is 19.0 Å². The van der Waals surface area contributed by atoms with Gasteiger partial charge in [-0.3, -0.25) is 4.79 Å². The number of methoxy groups -OCH3 is 1. The van der Waals surface area contributed by atoms with Crippen LogP contribution in [0.25, 0.3) is 0 Å². The Balaban J connectivity index is 2.01. The number of carbonyl (C=O) groups is 2. The molecule has 5 heteroatoms. The van der Waals surface area contributed by atoms with Crippen molar-refractivity contribution in [3.63, 3.8) is 0 Å². The Kier molecular flexibility index (Phi) is 4.56. The summed E-state index contributed by atoms with van der Waals surface area (Å²) in [5.74, 6) is -0.810. The van der Waals surface area contributed by atoms with Crippen molar-refractivity contribution in [2.24, 2.45) is 5.73 Å². The molecule has 3 N–H and O–H groups in total. The van der Waals surface area contributed by atoms with E-state index in [1.54, 1.807) is 42.5 Å². The maximum Gasteiger partial charge on any atom is 0.337 e. The van der Waals surface area contributed by atoms with E-state index in [-0.39, 0.29) is 5.97 Å². The Hall–Kier alpha value is -2.82. The number of hydrogen-bond donors (Lipinski definition) is 2. The number of ether oxygens (including phenoxy) is 1. The minimum Gasteiger partial charge on any atom is -0.465 e. The second-order valence-electron chi connectivity index (χ2n) is 4.49. The van der Waals surface area contributed by atoms with Gasteiger partial charge in [0.05, 0.1) is 12.7 Å². The van der Waals surface area contributed by atoms with Crippen LogP contribution in [0.1, 0.15) is 26.3 Å². The summed E-state index contributed by atoms with van der Waals surface area (Å²) in [5, 5.41) is 3.21. The lowest BCUT2D eigenvalue weighted by atomic mass is 10.1. The molecule has 0 heterocycles. The van der Waals surface area contributed by atoms with E-state index in [4.69, 9.17) is 5.73 Å². The van der Waals surface area contributed by atoms with Gasteiger partial charge in [-0.1, -0.05) is 12.1 Å². The molecule has 1 amide bonds. The smallest absolute Gasteiger partial charge is 0.337 e. The SMILES string of the molecule is COC(=O)c1ccc(NCc2cccc(C(N)=O)c2)cc1. The Morgan fingerprint density at radius 2 is 1.81 bits per heavy atom. The molecule has 0 aliphatic rings. The van der Waals surface area contributed by atoms with Crippen LogP contribution in [0.4, 0.5) is 5.69 Å². The van der Waals surface area contributed by atoms with Crippen molar-refractivity contribution < 1.29 is 14.3 Å². The molecule has 0 aliphatic heterocycles. The van der Waals surface area contributed by atoms with Gasteiger partial charge in [-0.15, -0.1) is 0 Å². The maximum absolute atomic E-state index is 11.3. The van der Waals surface area contributed by atoms with Crippen LogP contribution in [0.15, 0.2) is 48.5 Å². The van der Waals surface area contributed by atoms with Gasteiger partial charge in [0.15, 0.2) is 0 Å². The first kappa shape index (κ1) is 14.6. The van der Waals surface area contributed by atoms with Gasteiger partial charge < -0.3 is 15.8 Å². The van der Waals surface area contributed by atoms with E-state index in [1.807, 2.05) is 6.07 Å². The minimum absolute atomic E-state index is 0.365. The van der Waals surface area contributed by atoms with E-state index in [0.29, 0.717) is 17.7 Å². The highest BCUT2D eigenvalue weighted by atomic mass is 16.5. The lowest BCUT2D eigenvalue weighted by Crippen LogP contribution is -2.11. The molecular formula is C16H16N2O3. The maximum atomic E-state index is 11.3. The summed E-state index contributed by atoms with van der Waals surface area (Å²) >= 11 is 0. The third-order valence-corrected chi connectivity index (χ3v) is 3.01. The number of amides is 1. The van der Waals surface area contributed by atoms with Gasteiger partial charge in [0, 0.05) is 17.8 Å². The molecule has 0 radical (unpaired) electrons. The van der Waals surface area contributed by atoms with Crippen LogP contribution in [0, 0.1) is 0 Å².